The highest BCUT2D eigenvalue weighted by atomic mass is 32.2. The van der Waals surface area contributed by atoms with Gasteiger partial charge in [0.15, 0.2) is 5.16 Å². The minimum absolute atomic E-state index is 0.131. The quantitative estimate of drug-likeness (QED) is 0.676. The molecule has 1 saturated carbocycles. The second-order valence-corrected chi connectivity index (χ2v) is 8.01. The average Bonchev–Trinajstić information content (AvgIpc) is 3.06. The van der Waals surface area contributed by atoms with Gasteiger partial charge < -0.3 is 19.4 Å². The van der Waals surface area contributed by atoms with Crippen molar-refractivity contribution < 1.29 is 14.3 Å². The Morgan fingerprint density at radius 1 is 1.21 bits per heavy atom. The summed E-state index contributed by atoms with van der Waals surface area (Å²) in [5.74, 6) is 3.07. The minimum Gasteiger partial charge on any atom is -0.497 e. The van der Waals surface area contributed by atoms with Crippen molar-refractivity contribution in [1.82, 2.24) is 14.8 Å². The normalized spacial score (nSPS) is 14.7. The standard InChI is InChI=1S/C20H28N4O3S/c1-24-18(11-14-7-5-4-6-8-14)22-23-20(24)28-13-19(25)21-16-12-15(26-2)9-10-17(16)27-3/h9-10,12,14H,4-8,11,13H2,1-3H3,(H,21,25). The molecule has 1 aromatic heterocycles. The van der Waals surface area contributed by atoms with Gasteiger partial charge in [0.05, 0.1) is 25.7 Å². The van der Waals surface area contributed by atoms with E-state index in [0.29, 0.717) is 23.1 Å². The first kappa shape index (κ1) is 20.5. The molecule has 0 atom stereocenters. The van der Waals surface area contributed by atoms with Crippen LogP contribution in [0.5, 0.6) is 11.5 Å². The fourth-order valence-electron chi connectivity index (χ4n) is 3.53. The Morgan fingerprint density at radius 2 is 2.00 bits per heavy atom. The maximum atomic E-state index is 12.4. The van der Waals surface area contributed by atoms with Crippen LogP contribution in [0.25, 0.3) is 0 Å². The van der Waals surface area contributed by atoms with Crippen LogP contribution in [0.2, 0.25) is 0 Å². The number of methoxy groups -OCH3 is 2. The summed E-state index contributed by atoms with van der Waals surface area (Å²) in [6.45, 7) is 0. The molecule has 3 rings (SSSR count). The molecule has 0 bridgehead atoms. The van der Waals surface area contributed by atoms with E-state index >= 15 is 0 Å². The van der Waals surface area contributed by atoms with Crippen LogP contribution in [0.3, 0.4) is 0 Å². The van der Waals surface area contributed by atoms with Crippen LogP contribution in [0.15, 0.2) is 23.4 Å². The van der Waals surface area contributed by atoms with Gasteiger partial charge in [0.2, 0.25) is 5.91 Å². The van der Waals surface area contributed by atoms with Crippen molar-refractivity contribution in [2.75, 3.05) is 25.3 Å². The van der Waals surface area contributed by atoms with E-state index < -0.39 is 0 Å². The predicted octanol–water partition coefficient (Wildman–Crippen LogP) is 3.69. The van der Waals surface area contributed by atoms with Gasteiger partial charge in [-0.2, -0.15) is 0 Å². The van der Waals surface area contributed by atoms with Gasteiger partial charge in [-0.15, -0.1) is 10.2 Å². The predicted molar refractivity (Wildman–Crippen MR) is 110 cm³/mol. The van der Waals surface area contributed by atoms with E-state index in [1.165, 1.54) is 43.9 Å². The molecule has 1 heterocycles. The molecule has 7 nitrogen and oxygen atoms in total. The lowest BCUT2D eigenvalue weighted by atomic mass is 9.87. The minimum atomic E-state index is -0.131. The number of nitrogens with zero attached hydrogens (tertiary/aromatic N) is 3. The maximum absolute atomic E-state index is 12.4. The number of carbonyl (C=O) groups excluding carboxylic acids is 1. The summed E-state index contributed by atoms with van der Waals surface area (Å²) in [5, 5.41) is 12.3. The fraction of sp³-hybridized carbons (Fsp3) is 0.550. The number of anilines is 1. The van der Waals surface area contributed by atoms with Crippen LogP contribution < -0.4 is 14.8 Å². The van der Waals surface area contributed by atoms with Crippen molar-refractivity contribution in [2.24, 2.45) is 13.0 Å². The highest BCUT2D eigenvalue weighted by Crippen LogP contribution is 2.30. The zero-order valence-corrected chi connectivity index (χ0v) is 17.6. The molecule has 1 N–H and O–H groups in total. The van der Waals surface area contributed by atoms with E-state index in [2.05, 4.69) is 15.5 Å². The van der Waals surface area contributed by atoms with Crippen LogP contribution >= 0.6 is 11.8 Å². The fourth-order valence-corrected chi connectivity index (χ4v) is 4.26. The summed E-state index contributed by atoms with van der Waals surface area (Å²) >= 11 is 1.39. The van der Waals surface area contributed by atoms with E-state index in [0.717, 1.165) is 17.4 Å². The molecule has 1 amide bonds. The molecule has 1 aliphatic rings. The molecule has 1 aromatic carbocycles. The lowest BCUT2D eigenvalue weighted by molar-refractivity contribution is -0.113. The second kappa shape index (κ2) is 9.82. The smallest absolute Gasteiger partial charge is 0.234 e. The average molecular weight is 405 g/mol. The molecule has 1 fully saturated rings. The van der Waals surface area contributed by atoms with Crippen LogP contribution in [0.4, 0.5) is 5.69 Å². The van der Waals surface area contributed by atoms with Gasteiger partial charge in [-0.25, -0.2) is 0 Å². The van der Waals surface area contributed by atoms with Gasteiger partial charge in [-0.1, -0.05) is 43.9 Å². The summed E-state index contributed by atoms with van der Waals surface area (Å²) in [6.07, 6.45) is 7.51. The van der Waals surface area contributed by atoms with E-state index in [4.69, 9.17) is 9.47 Å². The first-order chi connectivity index (χ1) is 13.6. The Hall–Kier alpha value is -2.22. The zero-order chi connectivity index (χ0) is 19.9. The third-order valence-electron chi connectivity index (χ3n) is 5.13. The first-order valence-corrected chi connectivity index (χ1v) is 10.6. The summed E-state index contributed by atoms with van der Waals surface area (Å²) in [4.78, 5) is 12.4. The van der Waals surface area contributed by atoms with Crippen molar-refractivity contribution in [1.29, 1.82) is 0 Å². The highest BCUT2D eigenvalue weighted by Gasteiger charge is 2.19. The lowest BCUT2D eigenvalue weighted by Gasteiger charge is -2.20. The number of amides is 1. The molecule has 1 aliphatic carbocycles. The van der Waals surface area contributed by atoms with Crippen molar-refractivity contribution >= 4 is 23.4 Å². The number of aromatic nitrogens is 3. The van der Waals surface area contributed by atoms with Gasteiger partial charge in [-0.05, 0) is 18.1 Å². The maximum Gasteiger partial charge on any atom is 0.234 e. The number of nitrogens with one attached hydrogen (secondary N) is 1. The summed E-state index contributed by atoms with van der Waals surface area (Å²) in [7, 11) is 5.13. The van der Waals surface area contributed by atoms with Crippen molar-refractivity contribution in [3.05, 3.63) is 24.0 Å². The van der Waals surface area contributed by atoms with E-state index in [1.807, 2.05) is 11.6 Å². The number of hydrogen-bond acceptors (Lipinski definition) is 6. The number of benzene rings is 1. The molecular formula is C20H28N4O3S. The number of carbonyl (C=O) groups is 1. The van der Waals surface area contributed by atoms with Gasteiger partial charge >= 0.3 is 0 Å². The van der Waals surface area contributed by atoms with Crippen LogP contribution in [-0.2, 0) is 18.3 Å². The van der Waals surface area contributed by atoms with Crippen LogP contribution in [-0.4, -0.2) is 40.6 Å². The molecule has 0 spiro atoms. The number of ether oxygens (including phenoxy) is 2. The van der Waals surface area contributed by atoms with Crippen molar-refractivity contribution in [2.45, 2.75) is 43.7 Å². The second-order valence-electron chi connectivity index (χ2n) is 7.07. The highest BCUT2D eigenvalue weighted by molar-refractivity contribution is 7.99. The first-order valence-electron chi connectivity index (χ1n) is 9.63. The molecule has 2 aromatic rings. The summed E-state index contributed by atoms with van der Waals surface area (Å²) in [6, 6.07) is 5.30. The van der Waals surface area contributed by atoms with Crippen LogP contribution in [0, 0.1) is 5.92 Å². The zero-order valence-electron chi connectivity index (χ0n) is 16.7. The monoisotopic (exact) mass is 404 g/mol. The van der Waals surface area contributed by atoms with E-state index in [9.17, 15) is 4.79 Å². The third-order valence-corrected chi connectivity index (χ3v) is 6.15. The molecule has 0 aliphatic heterocycles. The van der Waals surface area contributed by atoms with Crippen LogP contribution in [0.1, 0.15) is 37.9 Å². The van der Waals surface area contributed by atoms with Gasteiger partial charge in [0.1, 0.15) is 17.3 Å². The molecule has 152 valence electrons. The number of rotatable bonds is 8. The largest absolute Gasteiger partial charge is 0.497 e. The van der Waals surface area contributed by atoms with Gasteiger partial charge in [-0.3, -0.25) is 4.79 Å². The molecule has 8 heteroatoms. The molecule has 28 heavy (non-hydrogen) atoms. The molecule has 0 unspecified atom stereocenters. The third kappa shape index (κ3) is 5.19. The Morgan fingerprint density at radius 3 is 2.71 bits per heavy atom. The number of thioether (sulfide) groups is 1. The van der Waals surface area contributed by atoms with E-state index in [1.54, 1.807) is 32.4 Å². The SMILES string of the molecule is COc1ccc(OC)c(NC(=O)CSc2nnc(CC3CCCCC3)n2C)c1. The molecule has 0 radical (unpaired) electrons. The Labute approximate surface area is 170 Å². The lowest BCUT2D eigenvalue weighted by Crippen LogP contribution is -2.15. The number of hydrogen-bond donors (Lipinski definition) is 1. The molecule has 0 saturated heterocycles. The van der Waals surface area contributed by atoms with Gasteiger partial charge in [0.25, 0.3) is 0 Å². The van der Waals surface area contributed by atoms with Gasteiger partial charge in [0, 0.05) is 19.5 Å². The Kier molecular flexibility index (Phi) is 7.19. The summed E-state index contributed by atoms with van der Waals surface area (Å²) < 4.78 is 12.5. The molecular weight excluding hydrogens is 376 g/mol. The van der Waals surface area contributed by atoms with Crippen molar-refractivity contribution in [3.63, 3.8) is 0 Å². The van der Waals surface area contributed by atoms with Crippen molar-refractivity contribution in [3.8, 4) is 11.5 Å². The topological polar surface area (TPSA) is 78.3 Å². The summed E-state index contributed by atoms with van der Waals surface area (Å²) in [5.41, 5.74) is 0.586. The Balaban J connectivity index is 1.56. The van der Waals surface area contributed by atoms with E-state index in [-0.39, 0.29) is 11.7 Å². The Bertz CT molecular complexity index is 803.